The lowest BCUT2D eigenvalue weighted by Gasteiger charge is -2.30. The third-order valence-corrected chi connectivity index (χ3v) is 6.09. The van der Waals surface area contributed by atoms with Gasteiger partial charge in [0, 0.05) is 22.2 Å². The van der Waals surface area contributed by atoms with Gasteiger partial charge in [-0.15, -0.1) is 11.3 Å². The molecule has 0 radical (unpaired) electrons. The molecule has 2 rings (SSSR count). The van der Waals surface area contributed by atoms with Crippen molar-refractivity contribution in [3.05, 3.63) is 20.8 Å². The lowest BCUT2D eigenvalue weighted by atomic mass is 9.93. The normalized spacial score (nSPS) is 22.6. The number of hydrogen-bond acceptors (Lipinski definition) is 4. The minimum absolute atomic E-state index is 0.222. The van der Waals surface area contributed by atoms with Crippen LogP contribution in [0.4, 0.5) is 0 Å². The van der Waals surface area contributed by atoms with Crippen molar-refractivity contribution < 1.29 is 5.11 Å². The lowest BCUT2D eigenvalue weighted by molar-refractivity contribution is 0.267. The fourth-order valence-corrected chi connectivity index (χ4v) is 4.58. The maximum absolute atomic E-state index is 9.35. The minimum Gasteiger partial charge on any atom is -0.395 e. The predicted molar refractivity (Wildman–Crippen MR) is 82.0 cm³/mol. The highest BCUT2D eigenvalue weighted by molar-refractivity contribution is 7.99. The summed E-state index contributed by atoms with van der Waals surface area (Å²) in [7, 11) is 0. The lowest BCUT2D eigenvalue weighted by Crippen LogP contribution is -2.40. The number of rotatable bonds is 5. The van der Waals surface area contributed by atoms with E-state index >= 15 is 0 Å². The molecule has 0 saturated heterocycles. The zero-order chi connectivity index (χ0) is 13.1. The van der Waals surface area contributed by atoms with Crippen LogP contribution >= 0.6 is 34.7 Å². The van der Waals surface area contributed by atoms with E-state index in [4.69, 9.17) is 11.6 Å². The van der Waals surface area contributed by atoms with Crippen molar-refractivity contribution >= 4 is 34.7 Å². The number of aliphatic hydroxyl groups excluding tert-OH is 1. The van der Waals surface area contributed by atoms with Crippen LogP contribution in [0.15, 0.2) is 6.07 Å². The maximum Gasteiger partial charge on any atom is 0.0934 e. The summed E-state index contributed by atoms with van der Waals surface area (Å²) in [5, 5.41) is 13.3. The maximum atomic E-state index is 9.35. The summed E-state index contributed by atoms with van der Waals surface area (Å²) < 4.78 is 0.893. The largest absolute Gasteiger partial charge is 0.395 e. The van der Waals surface area contributed by atoms with Gasteiger partial charge in [0.15, 0.2) is 0 Å². The standard InChI is InChI=1S/C13H20ClNOS2/c1-8(12(7-16)17-2)15-10-4-3-5-11-9(10)6-13(14)18-11/h6,8,10,12,15-16H,3-5,7H2,1-2H3. The van der Waals surface area contributed by atoms with Crippen molar-refractivity contribution in [3.8, 4) is 0 Å². The molecule has 0 bridgehead atoms. The predicted octanol–water partition coefficient (Wildman–Crippen LogP) is 3.48. The van der Waals surface area contributed by atoms with Crippen molar-refractivity contribution in [3.63, 3.8) is 0 Å². The van der Waals surface area contributed by atoms with Gasteiger partial charge in [0.2, 0.25) is 0 Å². The molecule has 1 aromatic rings. The van der Waals surface area contributed by atoms with Crippen molar-refractivity contribution in [2.24, 2.45) is 0 Å². The monoisotopic (exact) mass is 305 g/mol. The molecule has 0 aliphatic heterocycles. The third-order valence-electron chi connectivity index (χ3n) is 3.59. The summed E-state index contributed by atoms with van der Waals surface area (Å²) in [6.45, 7) is 2.37. The fraction of sp³-hybridized carbons (Fsp3) is 0.692. The smallest absolute Gasteiger partial charge is 0.0934 e. The van der Waals surface area contributed by atoms with Gasteiger partial charge < -0.3 is 10.4 Å². The molecule has 1 aliphatic rings. The average molecular weight is 306 g/mol. The molecule has 2 nitrogen and oxygen atoms in total. The van der Waals surface area contributed by atoms with Gasteiger partial charge in [-0.2, -0.15) is 11.8 Å². The number of nitrogens with one attached hydrogen (secondary N) is 1. The Balaban J connectivity index is 2.06. The van der Waals surface area contributed by atoms with Crippen molar-refractivity contribution in [2.75, 3.05) is 12.9 Å². The van der Waals surface area contributed by atoms with E-state index in [1.54, 1.807) is 23.1 Å². The van der Waals surface area contributed by atoms with Crippen LogP contribution in [-0.4, -0.2) is 29.3 Å². The molecule has 0 fully saturated rings. The molecule has 0 amide bonds. The van der Waals surface area contributed by atoms with Gasteiger partial charge in [-0.1, -0.05) is 11.6 Å². The molecule has 0 spiro atoms. The Kier molecular flexibility index (Phi) is 5.39. The molecule has 1 aromatic heterocycles. The highest BCUT2D eigenvalue weighted by Gasteiger charge is 2.26. The first-order chi connectivity index (χ1) is 8.65. The second-order valence-corrected chi connectivity index (χ2v) is 7.63. The van der Waals surface area contributed by atoms with Crippen LogP contribution in [-0.2, 0) is 6.42 Å². The van der Waals surface area contributed by atoms with Crippen molar-refractivity contribution in [1.82, 2.24) is 5.32 Å². The summed E-state index contributed by atoms with van der Waals surface area (Å²) in [5.74, 6) is 0. The molecule has 1 heterocycles. The Morgan fingerprint density at radius 2 is 2.44 bits per heavy atom. The Morgan fingerprint density at radius 1 is 1.67 bits per heavy atom. The summed E-state index contributed by atoms with van der Waals surface area (Å²) in [5.41, 5.74) is 1.38. The van der Waals surface area contributed by atoms with Crippen LogP contribution in [0.25, 0.3) is 0 Å². The van der Waals surface area contributed by atoms with Crippen molar-refractivity contribution in [1.29, 1.82) is 0 Å². The topological polar surface area (TPSA) is 32.3 Å². The first-order valence-corrected chi connectivity index (χ1v) is 8.81. The van der Waals surface area contributed by atoms with Crippen LogP contribution < -0.4 is 5.32 Å². The van der Waals surface area contributed by atoms with Gasteiger partial charge in [-0.3, -0.25) is 0 Å². The van der Waals surface area contributed by atoms with Gasteiger partial charge in [0.25, 0.3) is 0 Å². The Bertz CT molecular complexity index is 392. The summed E-state index contributed by atoms with van der Waals surface area (Å²) in [6.07, 6.45) is 5.59. The van der Waals surface area contributed by atoms with Crippen LogP contribution in [0.5, 0.6) is 0 Å². The van der Waals surface area contributed by atoms with Gasteiger partial charge in [0.1, 0.15) is 0 Å². The zero-order valence-electron chi connectivity index (χ0n) is 10.8. The molecular formula is C13H20ClNOS2. The van der Waals surface area contributed by atoms with E-state index in [2.05, 4.69) is 18.3 Å². The summed E-state index contributed by atoms with van der Waals surface area (Å²) in [4.78, 5) is 1.43. The molecule has 1 aliphatic carbocycles. The number of halogens is 1. The number of thioether (sulfide) groups is 1. The molecule has 0 saturated carbocycles. The Labute approximate surface area is 122 Å². The second-order valence-electron chi connectivity index (χ2n) is 4.79. The molecule has 3 unspecified atom stereocenters. The SMILES string of the molecule is CSC(CO)C(C)NC1CCCc2sc(Cl)cc21. The minimum atomic E-state index is 0.222. The molecule has 0 aromatic carbocycles. The average Bonchev–Trinajstić information content (AvgIpc) is 2.72. The van der Waals surface area contributed by atoms with E-state index in [0.717, 1.165) is 17.2 Å². The van der Waals surface area contributed by atoms with E-state index in [0.29, 0.717) is 12.1 Å². The number of aliphatic hydroxyl groups is 1. The third kappa shape index (κ3) is 3.23. The van der Waals surface area contributed by atoms with E-state index < -0.39 is 0 Å². The van der Waals surface area contributed by atoms with Gasteiger partial charge in [0.05, 0.1) is 10.9 Å². The van der Waals surface area contributed by atoms with E-state index in [-0.39, 0.29) is 11.9 Å². The zero-order valence-corrected chi connectivity index (χ0v) is 13.2. The number of fused-ring (bicyclic) bond motifs is 1. The van der Waals surface area contributed by atoms with Gasteiger partial charge in [-0.05, 0) is 44.1 Å². The van der Waals surface area contributed by atoms with Crippen LogP contribution in [0.2, 0.25) is 4.34 Å². The van der Waals surface area contributed by atoms with E-state index in [1.807, 2.05) is 6.26 Å². The molecule has 102 valence electrons. The van der Waals surface area contributed by atoms with Crippen LogP contribution in [0.3, 0.4) is 0 Å². The molecule has 3 atom stereocenters. The Hall–Kier alpha value is 0.260. The summed E-state index contributed by atoms with van der Waals surface area (Å²) in [6, 6.07) is 2.81. The highest BCUT2D eigenvalue weighted by atomic mass is 35.5. The van der Waals surface area contributed by atoms with Crippen LogP contribution in [0, 0.1) is 0 Å². The molecule has 18 heavy (non-hydrogen) atoms. The number of thiophene rings is 1. The van der Waals surface area contributed by atoms with Gasteiger partial charge >= 0.3 is 0 Å². The Morgan fingerprint density at radius 3 is 3.11 bits per heavy atom. The highest BCUT2D eigenvalue weighted by Crippen LogP contribution is 2.38. The van der Waals surface area contributed by atoms with Crippen LogP contribution in [0.1, 0.15) is 36.2 Å². The number of hydrogen-bond donors (Lipinski definition) is 2. The van der Waals surface area contributed by atoms with Crippen molar-refractivity contribution in [2.45, 2.75) is 43.5 Å². The first-order valence-electron chi connectivity index (χ1n) is 6.33. The van der Waals surface area contributed by atoms with E-state index in [9.17, 15) is 5.11 Å². The fourth-order valence-electron chi connectivity index (χ4n) is 2.56. The second kappa shape index (κ2) is 6.62. The van der Waals surface area contributed by atoms with Gasteiger partial charge in [-0.25, -0.2) is 0 Å². The molecule has 2 N–H and O–H groups in total. The molecular weight excluding hydrogens is 286 g/mol. The molecule has 5 heteroatoms. The first kappa shape index (κ1) is 14.7. The quantitative estimate of drug-likeness (QED) is 0.873. The number of aryl methyl sites for hydroxylation is 1. The summed E-state index contributed by atoms with van der Waals surface area (Å²) >= 11 is 9.55. The van der Waals surface area contributed by atoms with E-state index in [1.165, 1.54) is 16.9 Å².